The van der Waals surface area contributed by atoms with E-state index in [4.69, 9.17) is 0 Å². The summed E-state index contributed by atoms with van der Waals surface area (Å²) in [4.78, 5) is 48.8. The summed E-state index contributed by atoms with van der Waals surface area (Å²) in [6.45, 7) is 0.250. The van der Waals surface area contributed by atoms with Crippen molar-refractivity contribution in [2.24, 2.45) is 0 Å². The highest BCUT2D eigenvalue weighted by Crippen LogP contribution is 2.42. The van der Waals surface area contributed by atoms with Gasteiger partial charge in [0, 0.05) is 25.7 Å². The average Bonchev–Trinajstić information content (AvgIpc) is 2.77. The van der Waals surface area contributed by atoms with Crippen molar-refractivity contribution in [1.29, 1.82) is 0 Å². The molecule has 0 aliphatic heterocycles. The van der Waals surface area contributed by atoms with Crippen molar-refractivity contribution in [3.63, 3.8) is 0 Å². The molecular weight excluding hydrogens is 404 g/mol. The van der Waals surface area contributed by atoms with Crippen LogP contribution in [-0.2, 0) is 30.0 Å². The summed E-state index contributed by atoms with van der Waals surface area (Å²) in [5.41, 5.74) is 0.0392. The second-order valence-corrected chi connectivity index (χ2v) is 8.40. The van der Waals surface area contributed by atoms with Crippen molar-refractivity contribution in [2.75, 3.05) is 13.1 Å². The number of rotatable bonds is 6. The van der Waals surface area contributed by atoms with Crippen molar-refractivity contribution >= 4 is 23.4 Å². The van der Waals surface area contributed by atoms with E-state index in [9.17, 15) is 19.2 Å². The predicted octanol–water partition coefficient (Wildman–Crippen LogP) is 1.82. The van der Waals surface area contributed by atoms with E-state index >= 15 is 0 Å². The van der Waals surface area contributed by atoms with Crippen LogP contribution in [0.4, 0.5) is 0 Å². The van der Waals surface area contributed by atoms with Crippen LogP contribution in [0.25, 0.3) is 0 Å². The molecule has 0 unspecified atom stereocenters. The molecule has 2 aliphatic carbocycles. The molecule has 2 amide bonds. The molecule has 6 heteroatoms. The normalized spacial score (nSPS) is 17.8. The van der Waals surface area contributed by atoms with Crippen LogP contribution in [0, 0.1) is 11.8 Å². The van der Waals surface area contributed by atoms with Gasteiger partial charge in [-0.25, -0.2) is 0 Å². The summed E-state index contributed by atoms with van der Waals surface area (Å²) in [7, 11) is 0. The molecule has 4 rings (SSSR count). The zero-order valence-corrected chi connectivity index (χ0v) is 17.6. The van der Waals surface area contributed by atoms with Crippen molar-refractivity contribution in [3.8, 4) is 11.8 Å². The molecule has 2 aromatic carbocycles. The third kappa shape index (κ3) is 3.94. The molecular formula is C26H24N2O4. The minimum Gasteiger partial charge on any atom is -0.344 e. The lowest BCUT2D eigenvalue weighted by atomic mass is 9.63. The molecule has 2 aromatic rings. The van der Waals surface area contributed by atoms with E-state index < -0.39 is 10.8 Å². The van der Waals surface area contributed by atoms with Crippen molar-refractivity contribution in [2.45, 2.75) is 36.5 Å². The van der Waals surface area contributed by atoms with Gasteiger partial charge in [0.1, 0.15) is 11.6 Å². The van der Waals surface area contributed by atoms with Crippen LogP contribution in [0.2, 0.25) is 0 Å². The first-order chi connectivity index (χ1) is 15.5. The maximum atomic E-state index is 12.8. The zero-order chi connectivity index (χ0) is 22.6. The Bertz CT molecular complexity index is 1010. The molecule has 0 bridgehead atoms. The van der Waals surface area contributed by atoms with Crippen molar-refractivity contribution < 1.29 is 19.2 Å². The minimum absolute atomic E-state index is 0.0691. The first kappa shape index (κ1) is 21.5. The lowest BCUT2D eigenvalue weighted by Crippen LogP contribution is -2.53. The standard InChI is InChI=1S/C26H24N2O4/c29-21-15-25(16-21,19-9-3-1-4-10-19)23(31)27-13-7-8-14-28-24(32)26(17-22(30)18-26)20-11-5-2-6-12-20/h1-6,9-12H,13-18H2,(H,27,31)(H,28,32). The van der Waals surface area contributed by atoms with E-state index in [-0.39, 0.29) is 62.2 Å². The minimum atomic E-state index is -0.812. The van der Waals surface area contributed by atoms with E-state index in [1.807, 2.05) is 60.7 Å². The van der Waals surface area contributed by atoms with E-state index in [1.54, 1.807) is 0 Å². The Morgan fingerprint density at radius 3 is 1.31 bits per heavy atom. The highest BCUT2D eigenvalue weighted by atomic mass is 16.2. The molecule has 0 spiro atoms. The van der Waals surface area contributed by atoms with Gasteiger partial charge in [-0.15, -0.1) is 0 Å². The van der Waals surface area contributed by atoms with Gasteiger partial charge in [-0.3, -0.25) is 19.2 Å². The second kappa shape index (κ2) is 8.80. The van der Waals surface area contributed by atoms with Gasteiger partial charge in [0.2, 0.25) is 11.8 Å². The Balaban J connectivity index is 1.30. The molecule has 0 aromatic heterocycles. The number of Topliss-reactive ketones (excluding diaryl/α,β-unsaturated/α-hetero) is 2. The third-order valence-electron chi connectivity index (χ3n) is 6.32. The van der Waals surface area contributed by atoms with E-state index in [0.717, 1.165) is 11.1 Å². The van der Waals surface area contributed by atoms with Gasteiger partial charge in [0.25, 0.3) is 0 Å². The zero-order valence-electron chi connectivity index (χ0n) is 17.6. The summed E-state index contributed by atoms with van der Waals surface area (Å²) in [5.74, 6) is 5.40. The van der Waals surface area contributed by atoms with E-state index in [2.05, 4.69) is 22.5 Å². The Morgan fingerprint density at radius 2 is 1.00 bits per heavy atom. The van der Waals surface area contributed by atoms with Crippen LogP contribution in [-0.4, -0.2) is 36.5 Å². The average molecular weight is 428 g/mol. The second-order valence-electron chi connectivity index (χ2n) is 8.40. The largest absolute Gasteiger partial charge is 0.344 e. The summed E-state index contributed by atoms with van der Waals surface area (Å²) in [6.07, 6.45) is 0.804. The Labute approximate surface area is 186 Å². The number of benzene rings is 2. The molecule has 32 heavy (non-hydrogen) atoms. The lowest BCUT2D eigenvalue weighted by molar-refractivity contribution is -0.140. The summed E-state index contributed by atoms with van der Waals surface area (Å²) >= 11 is 0. The number of ketones is 2. The topological polar surface area (TPSA) is 92.3 Å². The van der Waals surface area contributed by atoms with E-state index in [1.165, 1.54) is 0 Å². The van der Waals surface area contributed by atoms with Crippen LogP contribution in [0.5, 0.6) is 0 Å². The highest BCUT2D eigenvalue weighted by molar-refractivity contribution is 6.05. The molecule has 0 saturated heterocycles. The molecule has 162 valence electrons. The SMILES string of the molecule is O=C1CC(C(=O)NCC#CCNC(=O)C2(c3ccccc3)CC(=O)C2)(c2ccccc2)C1. The van der Waals surface area contributed by atoms with Crippen LogP contribution in [0.15, 0.2) is 60.7 Å². The molecule has 2 aliphatic rings. The van der Waals surface area contributed by atoms with Gasteiger partial charge in [0.15, 0.2) is 0 Å². The molecule has 0 heterocycles. The highest BCUT2D eigenvalue weighted by Gasteiger charge is 2.51. The fourth-order valence-electron chi connectivity index (χ4n) is 4.46. The Morgan fingerprint density at radius 1 is 0.656 bits per heavy atom. The monoisotopic (exact) mass is 428 g/mol. The number of nitrogens with one attached hydrogen (secondary N) is 2. The first-order valence-electron chi connectivity index (χ1n) is 10.6. The van der Waals surface area contributed by atoms with Gasteiger partial charge in [-0.1, -0.05) is 72.5 Å². The first-order valence-corrected chi connectivity index (χ1v) is 10.6. The number of carbonyl (C=O) groups excluding carboxylic acids is 4. The molecule has 2 fully saturated rings. The number of carbonyl (C=O) groups is 4. The quantitative estimate of drug-likeness (QED) is 0.687. The van der Waals surface area contributed by atoms with Crippen molar-refractivity contribution in [1.82, 2.24) is 10.6 Å². The van der Waals surface area contributed by atoms with Crippen LogP contribution >= 0.6 is 0 Å². The summed E-state index contributed by atoms with van der Waals surface area (Å²) in [5, 5.41) is 5.59. The lowest BCUT2D eigenvalue weighted by Gasteiger charge is -2.39. The van der Waals surface area contributed by atoms with E-state index in [0.29, 0.717) is 0 Å². The molecule has 0 radical (unpaired) electrons. The number of hydrogen-bond acceptors (Lipinski definition) is 4. The molecule has 6 nitrogen and oxygen atoms in total. The summed E-state index contributed by atoms with van der Waals surface area (Å²) < 4.78 is 0. The van der Waals surface area contributed by atoms with Crippen LogP contribution in [0.1, 0.15) is 36.8 Å². The predicted molar refractivity (Wildman–Crippen MR) is 119 cm³/mol. The van der Waals surface area contributed by atoms with Gasteiger partial charge in [0.05, 0.1) is 23.9 Å². The maximum Gasteiger partial charge on any atom is 0.232 e. The molecule has 0 atom stereocenters. The maximum absolute atomic E-state index is 12.8. The summed E-state index contributed by atoms with van der Waals surface area (Å²) in [6, 6.07) is 18.6. The van der Waals surface area contributed by atoms with Gasteiger partial charge >= 0.3 is 0 Å². The van der Waals surface area contributed by atoms with Gasteiger partial charge < -0.3 is 10.6 Å². The molecule has 2 saturated carbocycles. The third-order valence-corrected chi connectivity index (χ3v) is 6.32. The van der Waals surface area contributed by atoms with Gasteiger partial charge in [-0.05, 0) is 11.1 Å². The fourth-order valence-corrected chi connectivity index (χ4v) is 4.46. The fraction of sp³-hybridized carbons (Fsp3) is 0.308. The Kier molecular flexibility index (Phi) is 5.91. The van der Waals surface area contributed by atoms with Crippen LogP contribution in [0.3, 0.4) is 0 Å². The number of amides is 2. The van der Waals surface area contributed by atoms with Crippen LogP contribution < -0.4 is 10.6 Å². The molecule has 2 N–H and O–H groups in total. The number of hydrogen-bond donors (Lipinski definition) is 2. The Hall–Kier alpha value is -3.72. The van der Waals surface area contributed by atoms with Crippen molar-refractivity contribution in [3.05, 3.63) is 71.8 Å². The smallest absolute Gasteiger partial charge is 0.232 e. The van der Waals surface area contributed by atoms with Gasteiger partial charge in [-0.2, -0.15) is 0 Å².